The molecule has 2 heterocycles. The topological polar surface area (TPSA) is 141 Å². The minimum absolute atomic E-state index is 0.0253. The molecule has 158 valence electrons. The fourth-order valence-electron chi connectivity index (χ4n) is 3.02. The van der Waals surface area contributed by atoms with Crippen LogP contribution in [0.15, 0.2) is 41.0 Å². The number of likely N-dealkylation sites (tertiary alicyclic amines) is 1. The van der Waals surface area contributed by atoms with Crippen molar-refractivity contribution in [2.45, 2.75) is 13.0 Å². The number of nitro groups is 1. The molecule has 0 bridgehead atoms. The zero-order valence-corrected chi connectivity index (χ0v) is 16.0. The minimum Gasteiger partial charge on any atom is -0.497 e. The number of benzene rings is 1. The molecule has 0 spiro atoms. The molecule has 0 radical (unpaired) electrons. The van der Waals surface area contributed by atoms with Crippen LogP contribution in [-0.2, 0) is 25.7 Å². The molecule has 30 heavy (non-hydrogen) atoms. The monoisotopic (exact) mass is 417 g/mol. The molecule has 1 aromatic heterocycles. The van der Waals surface area contributed by atoms with Crippen LogP contribution in [0, 0.1) is 16.0 Å². The number of esters is 1. The highest BCUT2D eigenvalue weighted by atomic mass is 16.6. The summed E-state index contributed by atoms with van der Waals surface area (Å²) in [5, 5.41) is 13.4. The number of hydrogen-bond donors (Lipinski definition) is 1. The third-order valence-electron chi connectivity index (χ3n) is 4.49. The molecule has 2 aromatic rings. The quantitative estimate of drug-likeness (QED) is 0.389. The Hall–Kier alpha value is -3.89. The lowest BCUT2D eigenvalue weighted by Crippen LogP contribution is -2.28. The van der Waals surface area contributed by atoms with Gasteiger partial charge in [-0.2, -0.15) is 0 Å². The van der Waals surface area contributed by atoms with Crippen LogP contribution < -0.4 is 10.1 Å². The van der Waals surface area contributed by atoms with Crippen LogP contribution in [0.1, 0.15) is 12.2 Å². The molecule has 0 aliphatic carbocycles. The normalized spacial score (nSPS) is 15.7. The van der Waals surface area contributed by atoms with E-state index in [2.05, 4.69) is 5.32 Å². The largest absolute Gasteiger partial charge is 0.497 e. The first kappa shape index (κ1) is 20.8. The van der Waals surface area contributed by atoms with Gasteiger partial charge in [-0.1, -0.05) is 0 Å². The summed E-state index contributed by atoms with van der Waals surface area (Å²) in [7, 11) is 1.38. The molecule has 1 aliphatic heterocycles. The Kier molecular flexibility index (Phi) is 6.30. The Morgan fingerprint density at radius 1 is 1.37 bits per heavy atom. The summed E-state index contributed by atoms with van der Waals surface area (Å²) in [6, 6.07) is 7.30. The lowest BCUT2D eigenvalue weighted by molar-refractivity contribution is -0.383. The maximum atomic E-state index is 12.2. The van der Waals surface area contributed by atoms with Gasteiger partial charge >= 0.3 is 5.97 Å². The van der Waals surface area contributed by atoms with Gasteiger partial charge in [0.1, 0.15) is 17.2 Å². The highest BCUT2D eigenvalue weighted by Gasteiger charge is 2.36. The third-order valence-corrected chi connectivity index (χ3v) is 4.49. The number of methoxy groups -OCH3 is 1. The highest BCUT2D eigenvalue weighted by Crippen LogP contribution is 2.29. The van der Waals surface area contributed by atoms with E-state index in [1.807, 2.05) is 0 Å². The standard InChI is InChI=1S/C19H19N3O8/c1-28-13-4-5-16(22(26)27)15(8-13)20-17(23)11-30-19(25)12-7-18(24)21(9-12)10-14-3-2-6-29-14/h2-6,8,12H,7,9-11H2,1H3,(H,20,23)/t12-/m0/s1. The Morgan fingerprint density at radius 3 is 2.83 bits per heavy atom. The number of amides is 2. The number of furan rings is 1. The highest BCUT2D eigenvalue weighted by molar-refractivity contribution is 5.95. The summed E-state index contributed by atoms with van der Waals surface area (Å²) in [5.74, 6) is -1.46. The predicted octanol–water partition coefficient (Wildman–Crippen LogP) is 1.73. The molecule has 1 aliphatic rings. The zero-order valence-electron chi connectivity index (χ0n) is 16.0. The van der Waals surface area contributed by atoms with E-state index in [1.165, 1.54) is 36.5 Å². The third kappa shape index (κ3) is 4.93. The molecule has 0 unspecified atom stereocenters. The van der Waals surface area contributed by atoms with Crippen LogP contribution in [0.4, 0.5) is 11.4 Å². The van der Waals surface area contributed by atoms with Crippen molar-refractivity contribution in [3.63, 3.8) is 0 Å². The summed E-state index contributed by atoms with van der Waals surface area (Å²) >= 11 is 0. The molecule has 2 amide bonds. The van der Waals surface area contributed by atoms with Crippen LogP contribution in [0.25, 0.3) is 0 Å². The number of carbonyl (C=O) groups is 3. The molecule has 0 saturated carbocycles. The maximum absolute atomic E-state index is 12.2. The van der Waals surface area contributed by atoms with E-state index in [0.29, 0.717) is 11.5 Å². The summed E-state index contributed by atoms with van der Waals surface area (Å²) < 4.78 is 15.2. The Balaban J connectivity index is 1.53. The first-order valence-corrected chi connectivity index (χ1v) is 8.96. The molecule has 1 N–H and O–H groups in total. The van der Waals surface area contributed by atoms with Crippen LogP contribution in [-0.4, -0.2) is 47.9 Å². The van der Waals surface area contributed by atoms with Gasteiger partial charge in [0.05, 0.1) is 30.8 Å². The van der Waals surface area contributed by atoms with Crippen molar-refractivity contribution in [2.75, 3.05) is 25.6 Å². The van der Waals surface area contributed by atoms with E-state index in [1.54, 1.807) is 12.1 Å². The van der Waals surface area contributed by atoms with E-state index in [4.69, 9.17) is 13.9 Å². The van der Waals surface area contributed by atoms with E-state index >= 15 is 0 Å². The maximum Gasteiger partial charge on any atom is 0.311 e. The second-order valence-corrected chi connectivity index (χ2v) is 6.55. The molecule has 11 nitrogen and oxygen atoms in total. The van der Waals surface area contributed by atoms with Crippen molar-refractivity contribution < 1.29 is 33.2 Å². The molecule has 1 saturated heterocycles. The van der Waals surface area contributed by atoms with E-state index < -0.39 is 29.3 Å². The van der Waals surface area contributed by atoms with Crippen molar-refractivity contribution in [3.05, 3.63) is 52.5 Å². The Morgan fingerprint density at radius 2 is 2.17 bits per heavy atom. The summed E-state index contributed by atoms with van der Waals surface area (Å²) in [4.78, 5) is 48.3. The Labute approximate surface area is 170 Å². The van der Waals surface area contributed by atoms with Gasteiger partial charge in [0.15, 0.2) is 6.61 Å². The minimum atomic E-state index is -0.753. The average molecular weight is 417 g/mol. The summed E-state index contributed by atoms with van der Waals surface area (Å²) in [6.45, 7) is -0.243. The number of nitrogens with one attached hydrogen (secondary N) is 1. The van der Waals surface area contributed by atoms with Gasteiger partial charge in [-0.05, 0) is 18.2 Å². The molecule has 1 fully saturated rings. The van der Waals surface area contributed by atoms with Crippen molar-refractivity contribution in [3.8, 4) is 5.75 Å². The van der Waals surface area contributed by atoms with Gasteiger partial charge in [0.2, 0.25) is 5.91 Å². The number of hydrogen-bond acceptors (Lipinski definition) is 8. The lowest BCUT2D eigenvalue weighted by atomic mass is 10.1. The first-order chi connectivity index (χ1) is 14.4. The number of rotatable bonds is 8. The average Bonchev–Trinajstić information content (AvgIpc) is 3.36. The van der Waals surface area contributed by atoms with Crippen LogP contribution in [0.2, 0.25) is 0 Å². The van der Waals surface area contributed by atoms with Gasteiger partial charge < -0.3 is 24.1 Å². The predicted molar refractivity (Wildman–Crippen MR) is 101 cm³/mol. The fourth-order valence-corrected chi connectivity index (χ4v) is 3.02. The molecule has 11 heteroatoms. The number of nitro benzene ring substituents is 1. The van der Waals surface area contributed by atoms with Gasteiger partial charge in [0, 0.05) is 25.1 Å². The first-order valence-electron chi connectivity index (χ1n) is 8.96. The Bertz CT molecular complexity index is 957. The molecular formula is C19H19N3O8. The smallest absolute Gasteiger partial charge is 0.311 e. The van der Waals surface area contributed by atoms with E-state index in [0.717, 1.165) is 0 Å². The zero-order chi connectivity index (χ0) is 21.7. The van der Waals surface area contributed by atoms with Crippen LogP contribution in [0.3, 0.4) is 0 Å². The SMILES string of the molecule is COc1ccc([N+](=O)[O-])c(NC(=O)COC(=O)[C@H]2CC(=O)N(Cc3ccco3)C2)c1. The molecule has 3 rings (SSSR count). The van der Waals surface area contributed by atoms with Crippen LogP contribution >= 0.6 is 0 Å². The summed E-state index contributed by atoms with van der Waals surface area (Å²) in [6.07, 6.45) is 1.47. The number of anilines is 1. The van der Waals surface area contributed by atoms with Gasteiger partial charge in [0.25, 0.3) is 11.6 Å². The van der Waals surface area contributed by atoms with E-state index in [9.17, 15) is 24.5 Å². The van der Waals surface area contributed by atoms with Crippen LogP contribution in [0.5, 0.6) is 5.75 Å². The van der Waals surface area contributed by atoms with Gasteiger partial charge in [-0.3, -0.25) is 24.5 Å². The number of carbonyl (C=O) groups excluding carboxylic acids is 3. The molecule has 1 aromatic carbocycles. The number of ether oxygens (including phenoxy) is 2. The fraction of sp³-hybridized carbons (Fsp3) is 0.316. The second-order valence-electron chi connectivity index (χ2n) is 6.55. The van der Waals surface area contributed by atoms with E-state index in [-0.39, 0.29) is 36.8 Å². The molecule has 1 atom stereocenters. The second kappa shape index (κ2) is 9.07. The lowest BCUT2D eigenvalue weighted by Gasteiger charge is -2.14. The molecular weight excluding hydrogens is 398 g/mol. The van der Waals surface area contributed by atoms with Crippen molar-refractivity contribution in [2.24, 2.45) is 5.92 Å². The van der Waals surface area contributed by atoms with Crippen molar-refractivity contribution in [1.29, 1.82) is 0 Å². The van der Waals surface area contributed by atoms with Gasteiger partial charge in [-0.25, -0.2) is 0 Å². The van der Waals surface area contributed by atoms with Gasteiger partial charge in [-0.15, -0.1) is 0 Å². The summed E-state index contributed by atoms with van der Waals surface area (Å²) in [5.41, 5.74) is -0.411. The van der Waals surface area contributed by atoms with Crippen molar-refractivity contribution >= 4 is 29.2 Å². The number of nitrogens with zero attached hydrogens (tertiary/aromatic N) is 2. The van der Waals surface area contributed by atoms with Crippen molar-refractivity contribution in [1.82, 2.24) is 4.90 Å².